The van der Waals surface area contributed by atoms with E-state index in [0.717, 1.165) is 11.0 Å². The number of aromatic nitrogens is 2. The predicted molar refractivity (Wildman–Crippen MR) is 48.9 cm³/mol. The molecule has 12 heavy (non-hydrogen) atoms. The number of H-pyrrole nitrogens is 1. The zero-order valence-electron chi connectivity index (χ0n) is 6.87. The van der Waals surface area contributed by atoms with E-state index in [2.05, 4.69) is 9.97 Å². The van der Waals surface area contributed by atoms with Gasteiger partial charge in [-0.3, -0.25) is 0 Å². The Balaban J connectivity index is 0.000000605. The summed E-state index contributed by atoms with van der Waals surface area (Å²) in [5.74, 6) is 0. The van der Waals surface area contributed by atoms with Crippen molar-refractivity contribution < 1.29 is 19.5 Å². The second-order valence-corrected chi connectivity index (χ2v) is 2.45. The first kappa shape index (κ1) is 11.5. The molecule has 1 heterocycles. The molecule has 1 N–H and O–H groups in total. The summed E-state index contributed by atoms with van der Waals surface area (Å²) in [6.07, 6.45) is 0. The Morgan fingerprint density at radius 2 is 1.92 bits per heavy atom. The number of benzene rings is 1. The van der Waals surface area contributed by atoms with Gasteiger partial charge in [-0.1, -0.05) is 36.5 Å². The molecule has 1 aromatic carbocycles. The van der Waals surface area contributed by atoms with Crippen molar-refractivity contribution >= 4 is 23.3 Å². The summed E-state index contributed by atoms with van der Waals surface area (Å²) in [7, 11) is 0. The number of rotatable bonds is 0. The van der Waals surface area contributed by atoms with Crippen molar-refractivity contribution in [3.63, 3.8) is 0 Å². The number of hydrogen-bond donors (Lipinski definition) is 1. The molecule has 1 aromatic heterocycles. The van der Waals surface area contributed by atoms with Crippen LogP contribution in [0.25, 0.3) is 11.0 Å². The van der Waals surface area contributed by atoms with Crippen LogP contribution in [-0.2, 0) is 19.5 Å². The minimum Gasteiger partial charge on any atom is -0.448 e. The molecule has 2 nitrogen and oxygen atoms in total. The van der Waals surface area contributed by atoms with E-state index in [0.29, 0.717) is 4.77 Å². The van der Waals surface area contributed by atoms with Gasteiger partial charge in [-0.15, -0.1) is 0 Å². The van der Waals surface area contributed by atoms with Crippen molar-refractivity contribution in [3.05, 3.63) is 36.5 Å². The maximum Gasteiger partial charge on any atom is 2.00 e. The van der Waals surface area contributed by atoms with E-state index in [1.807, 2.05) is 24.3 Å². The van der Waals surface area contributed by atoms with E-state index in [9.17, 15) is 0 Å². The summed E-state index contributed by atoms with van der Waals surface area (Å²) in [5, 5.41) is 0. The fourth-order valence-corrected chi connectivity index (χ4v) is 1.14. The Kier molecular flexibility index (Phi) is 4.36. The van der Waals surface area contributed by atoms with E-state index in [1.165, 1.54) is 0 Å². The largest absolute Gasteiger partial charge is 2.00 e. The van der Waals surface area contributed by atoms with E-state index in [4.69, 9.17) is 12.2 Å². The molecule has 0 atom stereocenters. The maximum atomic E-state index is 4.85. The van der Waals surface area contributed by atoms with Gasteiger partial charge in [-0.05, 0) is 11.0 Å². The molecule has 0 bridgehead atoms. The normalized spacial score (nSPS) is 8.67. The molecule has 0 spiro atoms. The molecule has 2 rings (SSSR count). The van der Waals surface area contributed by atoms with Crippen LogP contribution in [0.15, 0.2) is 24.3 Å². The molecule has 0 saturated carbocycles. The summed E-state index contributed by atoms with van der Waals surface area (Å²) >= 11 is 4.85. The Labute approximate surface area is 89.2 Å². The van der Waals surface area contributed by atoms with Crippen molar-refractivity contribution in [2.75, 3.05) is 0 Å². The molecule has 0 aliphatic heterocycles. The monoisotopic (exact) mass is 228 g/mol. The topological polar surface area (TPSA) is 29.9 Å². The second-order valence-electron chi connectivity index (χ2n) is 2.06. The van der Waals surface area contributed by atoms with E-state index < -0.39 is 0 Å². The summed E-state index contributed by atoms with van der Waals surface area (Å²) < 4.78 is 0.557. The average molecular weight is 230 g/mol. The fourth-order valence-electron chi connectivity index (χ4n) is 0.929. The number of hydrogen-bond acceptors (Lipinski definition) is 1. The van der Waals surface area contributed by atoms with Gasteiger partial charge in [0, 0.05) is 4.77 Å². The number of para-hydroxylation sites is 2. The smallest absolute Gasteiger partial charge is 0.448 e. The first-order valence-corrected chi connectivity index (χ1v) is 3.39. The van der Waals surface area contributed by atoms with Gasteiger partial charge in [0.05, 0.1) is 0 Å². The molecule has 0 saturated heterocycles. The number of nitrogens with zero attached hydrogens (tertiary/aromatic N) is 1. The Bertz CT molecular complexity index is 368. The quantitative estimate of drug-likeness (QED) is 0.427. The Morgan fingerprint density at radius 3 is 2.58 bits per heavy atom. The van der Waals surface area contributed by atoms with Crippen LogP contribution >= 0.6 is 12.2 Å². The van der Waals surface area contributed by atoms with Gasteiger partial charge in [0.25, 0.3) is 0 Å². The summed E-state index contributed by atoms with van der Waals surface area (Å²) in [4.78, 5) is 7.03. The van der Waals surface area contributed by atoms with Gasteiger partial charge >= 0.3 is 19.5 Å². The van der Waals surface area contributed by atoms with Crippen LogP contribution in [0.4, 0.5) is 0 Å². The number of imidazole rings is 1. The Morgan fingerprint density at radius 1 is 1.25 bits per heavy atom. The fraction of sp³-hybridized carbons (Fsp3) is 0. The van der Waals surface area contributed by atoms with Gasteiger partial charge < -0.3 is 17.4 Å². The molecular weight excluding hydrogens is 222 g/mol. The predicted octanol–water partition coefficient (Wildman–Crippen LogP) is 2.30. The SMILES string of the molecule is S=c1[n-]c2ccccc2[nH]1.[CH3-].[Zn+2]. The van der Waals surface area contributed by atoms with Crippen molar-refractivity contribution in [3.8, 4) is 0 Å². The van der Waals surface area contributed by atoms with Crippen LogP contribution < -0.4 is 4.98 Å². The van der Waals surface area contributed by atoms with Crippen LogP contribution in [-0.4, -0.2) is 4.98 Å². The molecule has 0 amide bonds. The molecule has 2 aromatic rings. The van der Waals surface area contributed by atoms with Crippen molar-refractivity contribution in [2.45, 2.75) is 0 Å². The van der Waals surface area contributed by atoms with Crippen LogP contribution in [0, 0.1) is 12.2 Å². The molecular formula is C8H8N2SZn. The third kappa shape index (κ3) is 2.02. The van der Waals surface area contributed by atoms with E-state index >= 15 is 0 Å². The summed E-state index contributed by atoms with van der Waals surface area (Å²) in [6, 6.07) is 7.78. The second kappa shape index (κ2) is 4.53. The summed E-state index contributed by atoms with van der Waals surface area (Å²) in [5.41, 5.74) is 1.94. The minimum atomic E-state index is 0. The number of nitrogens with one attached hydrogen (secondary N) is 1. The van der Waals surface area contributed by atoms with Crippen molar-refractivity contribution in [1.82, 2.24) is 9.97 Å². The third-order valence-corrected chi connectivity index (χ3v) is 1.56. The van der Waals surface area contributed by atoms with Crippen molar-refractivity contribution in [1.29, 1.82) is 0 Å². The average Bonchev–Trinajstić information content (AvgIpc) is 2.27. The number of fused-ring (bicyclic) bond motifs is 1. The molecule has 58 valence electrons. The standard InChI is InChI=1S/C7H6N2S.CH3.Zn/c10-7-8-5-3-1-2-4-6(5)9-7;;/h1-4H,(H2,8,9,10);1H3;/q;-1;+2/p-1. The molecule has 0 aliphatic carbocycles. The zero-order chi connectivity index (χ0) is 6.97. The first-order chi connectivity index (χ1) is 4.86. The van der Waals surface area contributed by atoms with E-state index in [-0.39, 0.29) is 26.9 Å². The summed E-state index contributed by atoms with van der Waals surface area (Å²) in [6.45, 7) is 0. The third-order valence-electron chi connectivity index (χ3n) is 1.37. The first-order valence-electron chi connectivity index (χ1n) is 2.98. The van der Waals surface area contributed by atoms with Crippen LogP contribution in [0.1, 0.15) is 0 Å². The van der Waals surface area contributed by atoms with Gasteiger partial charge in [0.15, 0.2) is 0 Å². The molecule has 0 aliphatic rings. The Hall–Kier alpha value is -0.467. The van der Waals surface area contributed by atoms with E-state index in [1.54, 1.807) is 0 Å². The van der Waals surface area contributed by atoms with Gasteiger partial charge in [-0.25, -0.2) is 0 Å². The van der Waals surface area contributed by atoms with Crippen LogP contribution in [0.3, 0.4) is 0 Å². The van der Waals surface area contributed by atoms with Gasteiger partial charge in [-0.2, -0.15) is 0 Å². The molecule has 0 unspecified atom stereocenters. The van der Waals surface area contributed by atoms with Crippen LogP contribution in [0.5, 0.6) is 0 Å². The van der Waals surface area contributed by atoms with Crippen molar-refractivity contribution in [2.24, 2.45) is 0 Å². The maximum absolute atomic E-state index is 4.85. The molecule has 0 fully saturated rings. The van der Waals surface area contributed by atoms with Gasteiger partial charge in [0.2, 0.25) is 0 Å². The minimum absolute atomic E-state index is 0. The van der Waals surface area contributed by atoms with Gasteiger partial charge in [0.1, 0.15) is 0 Å². The zero-order valence-corrected chi connectivity index (χ0v) is 10.7. The van der Waals surface area contributed by atoms with Crippen LogP contribution in [0.2, 0.25) is 0 Å². The molecule has 4 heteroatoms. The molecule has 0 radical (unpaired) electrons. The number of aromatic amines is 1.